The van der Waals surface area contributed by atoms with Crippen molar-refractivity contribution < 1.29 is 23.1 Å². The average molecular weight is 487 g/mol. The number of urea groups is 1. The van der Waals surface area contributed by atoms with E-state index in [0.29, 0.717) is 23.5 Å². The van der Waals surface area contributed by atoms with Gasteiger partial charge in [0.05, 0.1) is 12.2 Å². The molecular weight excluding hydrogens is 458 g/mol. The van der Waals surface area contributed by atoms with Gasteiger partial charge in [-0.3, -0.25) is 15.6 Å². The molecule has 0 atom stereocenters. The molecule has 0 bridgehead atoms. The Morgan fingerprint density at radius 2 is 1.80 bits per heavy atom. The SMILES string of the molecule is CCc1ccncc1-c1cc(NC(=O)OC(C)(C)C)c2nnc(NC(=O)NCC(C)(F)F)cc2c1. The smallest absolute Gasteiger partial charge is 0.412 e. The highest BCUT2D eigenvalue weighted by Crippen LogP contribution is 2.32. The molecule has 0 saturated carbocycles. The summed E-state index contributed by atoms with van der Waals surface area (Å²) in [6, 6.07) is 6.18. The topological polar surface area (TPSA) is 118 Å². The van der Waals surface area contributed by atoms with Crippen LogP contribution in [0.3, 0.4) is 0 Å². The van der Waals surface area contributed by atoms with E-state index in [1.807, 2.05) is 19.1 Å². The minimum Gasteiger partial charge on any atom is -0.444 e. The first kappa shape index (κ1) is 25.7. The number of rotatable bonds is 6. The zero-order valence-corrected chi connectivity index (χ0v) is 20.2. The number of anilines is 2. The Balaban J connectivity index is 2.02. The fraction of sp³-hybridized carbons (Fsp3) is 0.375. The summed E-state index contributed by atoms with van der Waals surface area (Å²) in [5, 5.41) is 15.8. The van der Waals surface area contributed by atoms with Gasteiger partial charge in [-0.15, -0.1) is 10.2 Å². The lowest BCUT2D eigenvalue weighted by Crippen LogP contribution is -2.37. The van der Waals surface area contributed by atoms with Crippen LogP contribution < -0.4 is 16.0 Å². The number of fused-ring (bicyclic) bond motifs is 1. The summed E-state index contributed by atoms with van der Waals surface area (Å²) in [4.78, 5) is 28.7. The van der Waals surface area contributed by atoms with Crippen LogP contribution in [0.5, 0.6) is 0 Å². The number of carbonyl (C=O) groups is 2. The van der Waals surface area contributed by atoms with E-state index in [2.05, 4.69) is 31.1 Å². The van der Waals surface area contributed by atoms with Gasteiger partial charge in [-0.2, -0.15) is 0 Å². The zero-order chi connectivity index (χ0) is 25.8. The third-order valence-corrected chi connectivity index (χ3v) is 4.73. The van der Waals surface area contributed by atoms with E-state index in [1.54, 1.807) is 39.2 Å². The predicted molar refractivity (Wildman–Crippen MR) is 130 cm³/mol. The second-order valence-corrected chi connectivity index (χ2v) is 9.08. The predicted octanol–water partition coefficient (Wildman–Crippen LogP) is 5.38. The van der Waals surface area contributed by atoms with Crippen LogP contribution in [0.4, 0.5) is 29.9 Å². The molecule has 0 aliphatic rings. The highest BCUT2D eigenvalue weighted by Gasteiger charge is 2.22. The van der Waals surface area contributed by atoms with Gasteiger partial charge in [-0.25, -0.2) is 18.4 Å². The van der Waals surface area contributed by atoms with Crippen molar-refractivity contribution in [2.75, 3.05) is 17.2 Å². The Labute approximate surface area is 201 Å². The number of ether oxygens (including phenoxy) is 1. The van der Waals surface area contributed by atoms with E-state index in [0.717, 1.165) is 23.1 Å². The molecule has 2 aromatic heterocycles. The summed E-state index contributed by atoms with van der Waals surface area (Å²) < 4.78 is 31.4. The molecule has 1 aromatic carbocycles. The number of benzene rings is 1. The highest BCUT2D eigenvalue weighted by molar-refractivity contribution is 6.02. The molecule has 2 heterocycles. The number of aromatic nitrogens is 3. The average Bonchev–Trinajstić information content (AvgIpc) is 2.75. The van der Waals surface area contributed by atoms with Crippen LogP contribution in [0.2, 0.25) is 0 Å². The molecule has 0 aliphatic carbocycles. The maximum Gasteiger partial charge on any atom is 0.412 e. The molecule has 3 rings (SSSR count). The molecule has 0 fully saturated rings. The molecule has 0 aliphatic heterocycles. The van der Waals surface area contributed by atoms with E-state index in [4.69, 9.17) is 4.74 Å². The number of nitrogens with zero attached hydrogens (tertiary/aromatic N) is 3. The van der Waals surface area contributed by atoms with Gasteiger partial charge in [0.2, 0.25) is 0 Å². The van der Waals surface area contributed by atoms with Crippen molar-refractivity contribution in [2.24, 2.45) is 0 Å². The maximum absolute atomic E-state index is 13.0. The third kappa shape index (κ3) is 7.29. The number of nitrogens with one attached hydrogen (secondary N) is 3. The van der Waals surface area contributed by atoms with Crippen molar-refractivity contribution >= 4 is 34.5 Å². The Kier molecular flexibility index (Phi) is 7.47. The van der Waals surface area contributed by atoms with Crippen LogP contribution in [-0.2, 0) is 11.2 Å². The van der Waals surface area contributed by atoms with Crippen LogP contribution in [-0.4, -0.2) is 45.4 Å². The van der Waals surface area contributed by atoms with Gasteiger partial charge in [0.25, 0.3) is 5.92 Å². The number of carbonyl (C=O) groups excluding carboxylic acids is 2. The van der Waals surface area contributed by atoms with Gasteiger partial charge >= 0.3 is 12.1 Å². The molecule has 11 heteroatoms. The van der Waals surface area contributed by atoms with Crippen molar-refractivity contribution in [1.82, 2.24) is 20.5 Å². The second kappa shape index (κ2) is 10.2. The summed E-state index contributed by atoms with van der Waals surface area (Å²) in [5.41, 5.74) is 2.66. The summed E-state index contributed by atoms with van der Waals surface area (Å²) in [5.74, 6) is -3.00. The quantitative estimate of drug-likeness (QED) is 0.431. The van der Waals surface area contributed by atoms with Crippen molar-refractivity contribution in [3.8, 4) is 11.1 Å². The molecule has 0 saturated heterocycles. The van der Waals surface area contributed by atoms with Gasteiger partial charge < -0.3 is 10.1 Å². The number of alkyl halides is 2. The monoisotopic (exact) mass is 486 g/mol. The molecule has 3 aromatic rings. The van der Waals surface area contributed by atoms with Gasteiger partial charge in [0.1, 0.15) is 11.1 Å². The molecule has 35 heavy (non-hydrogen) atoms. The standard InChI is InChI=1S/C24H28F2N6O3/c1-6-14-7-8-27-12-17(14)15-9-16-11-19(30-21(33)28-13-24(5,25)26)31-32-20(16)18(10-15)29-22(34)35-23(2,3)4/h7-12H,6,13H2,1-5H3,(H,29,34)(H2,28,30,31,33). The lowest BCUT2D eigenvalue weighted by molar-refractivity contribution is 0.0257. The Hall–Kier alpha value is -3.89. The van der Waals surface area contributed by atoms with Crippen LogP contribution in [0.15, 0.2) is 36.7 Å². The zero-order valence-electron chi connectivity index (χ0n) is 20.2. The number of hydrogen-bond acceptors (Lipinski definition) is 6. The van der Waals surface area contributed by atoms with Gasteiger partial charge in [0.15, 0.2) is 5.82 Å². The lowest BCUT2D eigenvalue weighted by atomic mass is 9.98. The number of halogens is 2. The molecule has 0 spiro atoms. The van der Waals surface area contributed by atoms with Gasteiger partial charge in [-0.05, 0) is 62.6 Å². The number of aryl methyl sites for hydroxylation is 1. The highest BCUT2D eigenvalue weighted by atomic mass is 19.3. The molecule has 0 radical (unpaired) electrons. The summed E-state index contributed by atoms with van der Waals surface area (Å²) >= 11 is 0. The van der Waals surface area contributed by atoms with E-state index in [1.165, 1.54) is 6.07 Å². The van der Waals surface area contributed by atoms with Gasteiger partial charge in [0, 0.05) is 30.3 Å². The minimum absolute atomic E-state index is 0.0525. The fourth-order valence-corrected chi connectivity index (χ4v) is 3.27. The van der Waals surface area contributed by atoms with E-state index < -0.39 is 30.2 Å². The molecule has 3 N–H and O–H groups in total. The number of amides is 3. The van der Waals surface area contributed by atoms with Crippen molar-refractivity contribution in [3.63, 3.8) is 0 Å². The van der Waals surface area contributed by atoms with Crippen molar-refractivity contribution in [1.29, 1.82) is 0 Å². The first-order valence-corrected chi connectivity index (χ1v) is 11.0. The van der Waals surface area contributed by atoms with E-state index in [9.17, 15) is 18.4 Å². The van der Waals surface area contributed by atoms with Crippen molar-refractivity contribution in [2.45, 2.75) is 52.6 Å². The van der Waals surface area contributed by atoms with Crippen molar-refractivity contribution in [3.05, 3.63) is 42.2 Å². The first-order valence-electron chi connectivity index (χ1n) is 11.0. The third-order valence-electron chi connectivity index (χ3n) is 4.73. The second-order valence-electron chi connectivity index (χ2n) is 9.08. The molecule has 3 amide bonds. The largest absolute Gasteiger partial charge is 0.444 e. The molecular formula is C24H28F2N6O3. The lowest BCUT2D eigenvalue weighted by Gasteiger charge is -2.20. The number of pyridine rings is 1. The van der Waals surface area contributed by atoms with Gasteiger partial charge in [-0.1, -0.05) is 6.92 Å². The summed E-state index contributed by atoms with van der Waals surface area (Å²) in [6.45, 7) is 7.15. The Morgan fingerprint density at radius 1 is 1.06 bits per heavy atom. The van der Waals surface area contributed by atoms with Crippen LogP contribution >= 0.6 is 0 Å². The first-order chi connectivity index (χ1) is 16.3. The van der Waals surface area contributed by atoms with Crippen LogP contribution in [0.1, 0.15) is 40.2 Å². The Morgan fingerprint density at radius 3 is 2.46 bits per heavy atom. The fourth-order valence-electron chi connectivity index (χ4n) is 3.27. The van der Waals surface area contributed by atoms with E-state index >= 15 is 0 Å². The summed E-state index contributed by atoms with van der Waals surface area (Å²) in [7, 11) is 0. The van der Waals surface area contributed by atoms with E-state index in [-0.39, 0.29) is 5.82 Å². The Bertz CT molecular complexity index is 1240. The molecule has 186 valence electrons. The van der Waals surface area contributed by atoms with Crippen LogP contribution in [0.25, 0.3) is 22.0 Å². The minimum atomic E-state index is -3.05. The molecule has 9 nitrogen and oxygen atoms in total. The van der Waals surface area contributed by atoms with Crippen LogP contribution in [0, 0.1) is 0 Å². The summed E-state index contributed by atoms with van der Waals surface area (Å²) in [6.07, 6.45) is 3.52. The maximum atomic E-state index is 13.0. The number of hydrogen-bond donors (Lipinski definition) is 3. The molecule has 0 unspecified atom stereocenters. The normalized spacial score (nSPS) is 11.7.